The lowest BCUT2D eigenvalue weighted by Gasteiger charge is -2.20. The van der Waals surface area contributed by atoms with Crippen molar-refractivity contribution in [2.24, 2.45) is 0 Å². The van der Waals surface area contributed by atoms with Crippen molar-refractivity contribution in [3.63, 3.8) is 0 Å². The fourth-order valence-electron chi connectivity index (χ4n) is 3.46. The quantitative estimate of drug-likeness (QED) is 0.545. The van der Waals surface area contributed by atoms with Crippen LogP contribution < -0.4 is 14.8 Å². The summed E-state index contributed by atoms with van der Waals surface area (Å²) in [7, 11) is -2.43. The fraction of sp³-hybridized carbons (Fsp3) is 0.318. The molecule has 4 rings (SSSR count). The van der Waals surface area contributed by atoms with Crippen LogP contribution in [0, 0.1) is 12.7 Å². The number of ether oxygens (including phenoxy) is 3. The predicted octanol–water partition coefficient (Wildman–Crippen LogP) is 3.29. The lowest BCUT2D eigenvalue weighted by molar-refractivity contribution is 0.0601. The van der Waals surface area contributed by atoms with Gasteiger partial charge in [-0.25, -0.2) is 18.6 Å². The normalized spacial score (nSPS) is 16.8. The molecule has 10 heteroatoms. The summed E-state index contributed by atoms with van der Waals surface area (Å²) in [6.07, 6.45) is 2.60. The van der Waals surface area contributed by atoms with Crippen LogP contribution in [0.4, 0.5) is 21.6 Å². The molecule has 1 unspecified atom stereocenters. The maximum absolute atomic E-state index is 14.0. The van der Waals surface area contributed by atoms with Gasteiger partial charge < -0.3 is 24.2 Å². The van der Waals surface area contributed by atoms with E-state index in [4.69, 9.17) is 14.2 Å². The number of rotatable bonds is 6. The Kier molecular flexibility index (Phi) is 6.45. The van der Waals surface area contributed by atoms with Gasteiger partial charge in [-0.05, 0) is 42.6 Å². The zero-order valence-electron chi connectivity index (χ0n) is 17.9. The molecule has 0 spiro atoms. The number of aromatic nitrogens is 2. The molecule has 0 aliphatic carbocycles. The summed E-state index contributed by atoms with van der Waals surface area (Å²) in [5.41, 5.74) is 2.73. The van der Waals surface area contributed by atoms with Crippen LogP contribution in [0.5, 0.6) is 5.75 Å². The average Bonchev–Trinajstić information content (AvgIpc) is 2.97. The molecular weight excluding hydrogens is 435 g/mol. The van der Waals surface area contributed by atoms with Gasteiger partial charge in [0.2, 0.25) is 0 Å². The van der Waals surface area contributed by atoms with E-state index in [1.807, 2.05) is 13.0 Å². The molecule has 1 aliphatic heterocycles. The first kappa shape index (κ1) is 22.3. The van der Waals surface area contributed by atoms with Crippen molar-refractivity contribution in [2.75, 3.05) is 42.7 Å². The van der Waals surface area contributed by atoms with Gasteiger partial charge in [0.1, 0.15) is 29.8 Å². The number of benzene rings is 2. The Morgan fingerprint density at radius 3 is 2.66 bits per heavy atom. The SMILES string of the molecule is C=S(C)(=O)Nc1cc(C)c2c(Nc3ccc(F)cc3OC3COCCOC3)ncnc2c1. The summed E-state index contributed by atoms with van der Waals surface area (Å²) in [6, 6.07) is 7.90. The van der Waals surface area contributed by atoms with Crippen molar-refractivity contribution in [3.05, 3.63) is 48.0 Å². The Morgan fingerprint density at radius 2 is 1.94 bits per heavy atom. The molecule has 32 heavy (non-hydrogen) atoms. The van der Waals surface area contributed by atoms with E-state index in [0.29, 0.717) is 54.9 Å². The molecule has 170 valence electrons. The van der Waals surface area contributed by atoms with E-state index in [9.17, 15) is 8.60 Å². The molecule has 1 aromatic heterocycles. The van der Waals surface area contributed by atoms with Crippen LogP contribution in [0.25, 0.3) is 10.9 Å². The number of fused-ring (bicyclic) bond motifs is 1. The van der Waals surface area contributed by atoms with E-state index in [0.717, 1.165) is 10.9 Å². The minimum Gasteiger partial charge on any atom is -0.483 e. The van der Waals surface area contributed by atoms with E-state index in [1.165, 1.54) is 24.7 Å². The molecule has 1 fully saturated rings. The third-order valence-electron chi connectivity index (χ3n) is 4.74. The van der Waals surface area contributed by atoms with Gasteiger partial charge in [-0.1, -0.05) is 0 Å². The van der Waals surface area contributed by atoms with Crippen LogP contribution in [0.1, 0.15) is 5.56 Å². The van der Waals surface area contributed by atoms with Gasteiger partial charge in [0.15, 0.2) is 0 Å². The third-order valence-corrected chi connectivity index (χ3v) is 5.41. The maximum Gasteiger partial charge on any atom is 0.146 e. The van der Waals surface area contributed by atoms with Crippen molar-refractivity contribution < 1.29 is 22.8 Å². The molecule has 1 aliphatic rings. The van der Waals surface area contributed by atoms with E-state index >= 15 is 0 Å². The van der Waals surface area contributed by atoms with Gasteiger partial charge in [0.25, 0.3) is 0 Å². The van der Waals surface area contributed by atoms with Gasteiger partial charge in [-0.2, -0.15) is 0 Å². The molecule has 0 bridgehead atoms. The number of hydrogen-bond acceptors (Lipinski definition) is 7. The summed E-state index contributed by atoms with van der Waals surface area (Å²) in [5, 5.41) is 4.02. The van der Waals surface area contributed by atoms with Crippen molar-refractivity contribution >= 4 is 43.7 Å². The second kappa shape index (κ2) is 9.27. The van der Waals surface area contributed by atoms with Crippen molar-refractivity contribution in [2.45, 2.75) is 13.0 Å². The Balaban J connectivity index is 1.67. The number of halogens is 1. The molecule has 0 amide bonds. The summed E-state index contributed by atoms with van der Waals surface area (Å²) in [5.74, 6) is 4.07. The minimum absolute atomic E-state index is 0.328. The monoisotopic (exact) mass is 460 g/mol. The summed E-state index contributed by atoms with van der Waals surface area (Å²) < 4.78 is 45.9. The number of hydrogen-bond donors (Lipinski definition) is 2. The Morgan fingerprint density at radius 1 is 1.19 bits per heavy atom. The van der Waals surface area contributed by atoms with Crippen LogP contribution in [0.3, 0.4) is 0 Å². The molecule has 1 atom stereocenters. The number of anilines is 3. The van der Waals surface area contributed by atoms with E-state index in [-0.39, 0.29) is 6.10 Å². The largest absolute Gasteiger partial charge is 0.483 e. The first-order valence-corrected chi connectivity index (χ1v) is 12.2. The number of nitrogens with one attached hydrogen (secondary N) is 2. The molecule has 0 saturated carbocycles. The van der Waals surface area contributed by atoms with Gasteiger partial charge in [0.05, 0.1) is 37.6 Å². The zero-order chi connectivity index (χ0) is 22.7. The van der Waals surface area contributed by atoms with Crippen LogP contribution in [0.2, 0.25) is 0 Å². The molecule has 0 radical (unpaired) electrons. The molecule has 2 heterocycles. The van der Waals surface area contributed by atoms with Crippen molar-refractivity contribution in [3.8, 4) is 5.75 Å². The van der Waals surface area contributed by atoms with Gasteiger partial charge >= 0.3 is 0 Å². The van der Waals surface area contributed by atoms with E-state index in [1.54, 1.807) is 12.1 Å². The standard InChI is InChI=1S/C22H25FN4O4S/c1-14-8-16(27-32(2,3)28)10-19-21(14)22(25-13-24-19)26-18-5-4-15(23)9-20(18)31-17-11-29-6-7-30-12-17/h4-5,8-10,13,17H,2,6-7,11-12H2,1,3H3,(H,27,28)(H,24,25,26). The molecular formula is C22H25FN4O4S. The summed E-state index contributed by atoms with van der Waals surface area (Å²) in [4.78, 5) is 8.73. The lowest BCUT2D eigenvalue weighted by Crippen LogP contribution is -2.26. The number of aryl methyl sites for hydroxylation is 1. The molecule has 1 saturated heterocycles. The van der Waals surface area contributed by atoms with Crippen LogP contribution in [0.15, 0.2) is 36.7 Å². The Bertz CT molecular complexity index is 1230. The van der Waals surface area contributed by atoms with Gasteiger partial charge in [-0.15, -0.1) is 0 Å². The highest BCUT2D eigenvalue weighted by Gasteiger charge is 2.18. The molecule has 3 aromatic rings. The highest BCUT2D eigenvalue weighted by Crippen LogP contribution is 2.33. The summed E-state index contributed by atoms with van der Waals surface area (Å²) >= 11 is 0. The minimum atomic E-state index is -2.43. The Hall–Kier alpha value is -2.95. The van der Waals surface area contributed by atoms with Crippen LogP contribution >= 0.6 is 0 Å². The maximum atomic E-state index is 14.0. The predicted molar refractivity (Wildman–Crippen MR) is 125 cm³/mol. The second-order valence-electron chi connectivity index (χ2n) is 7.67. The highest BCUT2D eigenvalue weighted by molar-refractivity contribution is 8.00. The van der Waals surface area contributed by atoms with Crippen molar-refractivity contribution in [1.29, 1.82) is 0 Å². The zero-order valence-corrected chi connectivity index (χ0v) is 18.7. The Labute approximate surface area is 186 Å². The molecule has 2 aromatic carbocycles. The topological polar surface area (TPSA) is 94.6 Å². The van der Waals surface area contributed by atoms with E-state index < -0.39 is 15.5 Å². The van der Waals surface area contributed by atoms with Crippen molar-refractivity contribution in [1.82, 2.24) is 9.97 Å². The van der Waals surface area contributed by atoms with Crippen LogP contribution in [-0.4, -0.2) is 58.8 Å². The van der Waals surface area contributed by atoms with Crippen LogP contribution in [-0.2, 0) is 19.2 Å². The van der Waals surface area contributed by atoms with Gasteiger partial charge in [-0.3, -0.25) is 0 Å². The number of nitrogens with zero attached hydrogens (tertiary/aromatic N) is 2. The fourth-order valence-corrected chi connectivity index (χ4v) is 4.08. The molecule has 2 N–H and O–H groups in total. The van der Waals surface area contributed by atoms with Gasteiger partial charge in [0, 0.05) is 33.1 Å². The first-order valence-electron chi connectivity index (χ1n) is 10.0. The summed E-state index contributed by atoms with van der Waals surface area (Å²) in [6.45, 7) is 3.61. The highest BCUT2D eigenvalue weighted by atomic mass is 32.2. The average molecular weight is 461 g/mol. The smallest absolute Gasteiger partial charge is 0.146 e. The first-order chi connectivity index (χ1) is 15.3. The lowest BCUT2D eigenvalue weighted by atomic mass is 10.1. The third kappa shape index (κ3) is 5.45. The molecule has 8 nitrogen and oxygen atoms in total. The van der Waals surface area contributed by atoms with E-state index in [2.05, 4.69) is 25.9 Å². The second-order valence-corrected chi connectivity index (χ2v) is 9.89.